The Hall–Kier alpha value is -3.50. The SMILES string of the molecule is COc1cc2c(Nc3ncc(CC(=O)Nc4cccc(F)c4)s3)ncnc2cc1OCCCl. The lowest BCUT2D eigenvalue weighted by Gasteiger charge is -2.12. The molecule has 0 fully saturated rings. The van der Waals surface area contributed by atoms with Gasteiger partial charge in [0, 0.05) is 28.2 Å². The van der Waals surface area contributed by atoms with Gasteiger partial charge in [-0.25, -0.2) is 19.3 Å². The Kier molecular flexibility index (Phi) is 7.16. The van der Waals surface area contributed by atoms with E-state index in [2.05, 4.69) is 25.6 Å². The number of hydrogen-bond acceptors (Lipinski definition) is 8. The molecular formula is C22H19ClFN5O3S. The fourth-order valence-corrected chi connectivity index (χ4v) is 3.95. The van der Waals surface area contributed by atoms with Crippen LogP contribution in [0.3, 0.4) is 0 Å². The normalized spacial score (nSPS) is 10.8. The maximum atomic E-state index is 13.3. The summed E-state index contributed by atoms with van der Waals surface area (Å²) in [5.74, 6) is 1.27. The van der Waals surface area contributed by atoms with Gasteiger partial charge in [-0.3, -0.25) is 4.79 Å². The zero-order valence-corrected chi connectivity index (χ0v) is 19.0. The van der Waals surface area contributed by atoms with Crippen molar-refractivity contribution in [2.75, 3.05) is 30.2 Å². The molecule has 1 amide bonds. The van der Waals surface area contributed by atoms with Crippen molar-refractivity contribution in [1.82, 2.24) is 15.0 Å². The number of benzene rings is 2. The van der Waals surface area contributed by atoms with Gasteiger partial charge < -0.3 is 20.1 Å². The minimum absolute atomic E-state index is 0.107. The molecule has 33 heavy (non-hydrogen) atoms. The Bertz CT molecular complexity index is 1290. The highest BCUT2D eigenvalue weighted by atomic mass is 35.5. The van der Waals surface area contributed by atoms with E-state index in [-0.39, 0.29) is 12.3 Å². The van der Waals surface area contributed by atoms with E-state index >= 15 is 0 Å². The molecule has 2 aromatic carbocycles. The molecule has 0 spiro atoms. The zero-order chi connectivity index (χ0) is 23.2. The smallest absolute Gasteiger partial charge is 0.229 e. The summed E-state index contributed by atoms with van der Waals surface area (Å²) in [6.45, 7) is 0.342. The summed E-state index contributed by atoms with van der Waals surface area (Å²) in [6.07, 6.45) is 3.15. The first-order chi connectivity index (χ1) is 16.1. The molecule has 11 heteroatoms. The summed E-state index contributed by atoms with van der Waals surface area (Å²) in [5.41, 5.74) is 1.06. The van der Waals surface area contributed by atoms with Gasteiger partial charge in [0.05, 0.1) is 24.9 Å². The fourth-order valence-electron chi connectivity index (χ4n) is 3.06. The topological polar surface area (TPSA) is 98.3 Å². The van der Waals surface area contributed by atoms with Crippen LogP contribution in [0.2, 0.25) is 0 Å². The number of rotatable bonds is 9. The molecule has 170 valence electrons. The summed E-state index contributed by atoms with van der Waals surface area (Å²) in [7, 11) is 1.55. The summed E-state index contributed by atoms with van der Waals surface area (Å²) >= 11 is 7.03. The first-order valence-electron chi connectivity index (χ1n) is 9.84. The molecule has 2 aromatic heterocycles. The number of nitrogens with one attached hydrogen (secondary N) is 2. The van der Waals surface area contributed by atoms with Gasteiger partial charge in [0.1, 0.15) is 24.6 Å². The highest BCUT2D eigenvalue weighted by Gasteiger charge is 2.14. The Balaban J connectivity index is 1.49. The third kappa shape index (κ3) is 5.65. The Morgan fingerprint density at radius 1 is 1.18 bits per heavy atom. The second kappa shape index (κ2) is 10.4. The largest absolute Gasteiger partial charge is 0.493 e. The Morgan fingerprint density at radius 3 is 2.85 bits per heavy atom. The number of carbonyl (C=O) groups is 1. The number of fused-ring (bicyclic) bond motifs is 1. The lowest BCUT2D eigenvalue weighted by molar-refractivity contribution is -0.115. The van der Waals surface area contributed by atoms with Gasteiger partial charge in [-0.1, -0.05) is 6.07 Å². The van der Waals surface area contributed by atoms with Crippen molar-refractivity contribution < 1.29 is 18.7 Å². The van der Waals surface area contributed by atoms with Crippen LogP contribution >= 0.6 is 22.9 Å². The van der Waals surface area contributed by atoms with Crippen LogP contribution in [-0.2, 0) is 11.2 Å². The van der Waals surface area contributed by atoms with Gasteiger partial charge in [-0.15, -0.1) is 22.9 Å². The van der Waals surface area contributed by atoms with E-state index in [1.807, 2.05) is 0 Å². The van der Waals surface area contributed by atoms with Gasteiger partial charge in [-0.05, 0) is 24.3 Å². The minimum Gasteiger partial charge on any atom is -0.493 e. The van der Waals surface area contributed by atoms with Gasteiger partial charge >= 0.3 is 0 Å². The van der Waals surface area contributed by atoms with Crippen LogP contribution in [0.5, 0.6) is 11.5 Å². The van der Waals surface area contributed by atoms with Crippen molar-refractivity contribution >= 4 is 56.4 Å². The molecule has 0 atom stereocenters. The van der Waals surface area contributed by atoms with E-state index in [4.69, 9.17) is 21.1 Å². The van der Waals surface area contributed by atoms with Crippen LogP contribution in [0.1, 0.15) is 4.88 Å². The number of ether oxygens (including phenoxy) is 2. The third-order valence-electron chi connectivity index (χ3n) is 4.48. The van der Waals surface area contributed by atoms with Crippen LogP contribution < -0.4 is 20.1 Å². The predicted molar refractivity (Wildman–Crippen MR) is 126 cm³/mol. The van der Waals surface area contributed by atoms with Crippen LogP contribution in [0.4, 0.5) is 21.0 Å². The molecule has 0 aliphatic carbocycles. The lowest BCUT2D eigenvalue weighted by atomic mass is 10.2. The average Bonchev–Trinajstić information content (AvgIpc) is 3.23. The lowest BCUT2D eigenvalue weighted by Crippen LogP contribution is -2.13. The Labute approximate surface area is 197 Å². The molecule has 2 N–H and O–H groups in total. The summed E-state index contributed by atoms with van der Waals surface area (Å²) in [4.78, 5) is 26.0. The number of nitrogens with zero attached hydrogens (tertiary/aromatic N) is 3. The zero-order valence-electron chi connectivity index (χ0n) is 17.5. The molecule has 0 aliphatic rings. The quantitative estimate of drug-likeness (QED) is 0.328. The number of thiazole rings is 1. The number of carbonyl (C=O) groups excluding carboxylic acids is 1. The molecule has 2 heterocycles. The van der Waals surface area contributed by atoms with E-state index in [1.165, 1.54) is 35.9 Å². The molecule has 4 aromatic rings. The first-order valence-corrected chi connectivity index (χ1v) is 11.2. The van der Waals surface area contributed by atoms with Gasteiger partial charge in [0.25, 0.3) is 0 Å². The molecule has 4 rings (SSSR count). The number of hydrogen-bond donors (Lipinski definition) is 2. The van der Waals surface area contributed by atoms with E-state index < -0.39 is 5.82 Å². The van der Waals surface area contributed by atoms with Crippen molar-refractivity contribution in [3.05, 3.63) is 59.6 Å². The third-order valence-corrected chi connectivity index (χ3v) is 5.54. The standard InChI is InChI=1S/C22H19ClFN5O3S/c1-31-18-9-16-17(10-19(18)32-6-5-23)26-12-27-21(16)29-22-25-11-15(33-22)8-20(30)28-14-4-2-3-13(24)7-14/h2-4,7,9-12H,5-6,8H2,1H3,(H,28,30)(H,25,26,27,29). The molecule has 0 bridgehead atoms. The van der Waals surface area contributed by atoms with Crippen LogP contribution in [-0.4, -0.2) is 40.5 Å². The molecule has 0 aliphatic heterocycles. The number of anilines is 3. The summed E-state index contributed by atoms with van der Waals surface area (Å²) in [6, 6.07) is 9.28. The average molecular weight is 488 g/mol. The van der Waals surface area contributed by atoms with Crippen molar-refractivity contribution in [3.63, 3.8) is 0 Å². The van der Waals surface area contributed by atoms with Crippen LogP contribution in [0.25, 0.3) is 10.9 Å². The van der Waals surface area contributed by atoms with E-state index in [1.54, 1.807) is 31.5 Å². The summed E-state index contributed by atoms with van der Waals surface area (Å²) < 4.78 is 24.3. The van der Waals surface area contributed by atoms with Gasteiger partial charge in [0.2, 0.25) is 5.91 Å². The number of amides is 1. The van der Waals surface area contributed by atoms with Gasteiger partial charge in [-0.2, -0.15) is 0 Å². The molecule has 8 nitrogen and oxygen atoms in total. The fraction of sp³-hybridized carbons (Fsp3) is 0.182. The van der Waals surface area contributed by atoms with Crippen molar-refractivity contribution in [2.45, 2.75) is 6.42 Å². The number of halogens is 2. The highest BCUT2D eigenvalue weighted by molar-refractivity contribution is 7.15. The molecular weight excluding hydrogens is 469 g/mol. The van der Waals surface area contributed by atoms with Crippen molar-refractivity contribution in [1.29, 1.82) is 0 Å². The molecule has 0 unspecified atom stereocenters. The summed E-state index contributed by atoms with van der Waals surface area (Å²) in [5, 5.41) is 7.12. The van der Waals surface area contributed by atoms with E-state index in [0.717, 1.165) is 4.88 Å². The van der Waals surface area contributed by atoms with Crippen molar-refractivity contribution in [3.8, 4) is 11.5 Å². The maximum Gasteiger partial charge on any atom is 0.229 e. The molecule has 0 radical (unpaired) electrons. The van der Waals surface area contributed by atoms with Crippen LogP contribution in [0, 0.1) is 5.82 Å². The van der Waals surface area contributed by atoms with Crippen LogP contribution in [0.15, 0.2) is 48.9 Å². The first kappa shape index (κ1) is 22.7. The Morgan fingerprint density at radius 2 is 2.06 bits per heavy atom. The van der Waals surface area contributed by atoms with E-state index in [9.17, 15) is 9.18 Å². The van der Waals surface area contributed by atoms with Gasteiger partial charge in [0.15, 0.2) is 16.6 Å². The predicted octanol–water partition coefficient (Wildman–Crippen LogP) is 4.78. The second-order valence-corrected chi connectivity index (χ2v) is 8.27. The molecule has 0 saturated heterocycles. The van der Waals surface area contributed by atoms with Crippen molar-refractivity contribution in [2.24, 2.45) is 0 Å². The maximum absolute atomic E-state index is 13.3. The number of methoxy groups -OCH3 is 1. The molecule has 0 saturated carbocycles. The second-order valence-electron chi connectivity index (χ2n) is 6.77. The highest BCUT2D eigenvalue weighted by Crippen LogP contribution is 2.35. The number of aromatic nitrogens is 3. The monoisotopic (exact) mass is 487 g/mol. The number of alkyl halides is 1. The minimum atomic E-state index is -0.413. The van der Waals surface area contributed by atoms with E-state index in [0.29, 0.717) is 51.5 Å².